The molecule has 0 aliphatic rings. The van der Waals surface area contributed by atoms with Crippen LogP contribution < -0.4 is 15.6 Å². The number of hydrogen-bond acceptors (Lipinski definition) is 11. The van der Waals surface area contributed by atoms with Crippen molar-refractivity contribution in [3.63, 3.8) is 0 Å². The number of methoxy groups -OCH3 is 2. The maximum atomic E-state index is 11.8. The van der Waals surface area contributed by atoms with Crippen LogP contribution in [-0.4, -0.2) is 71.9 Å². The van der Waals surface area contributed by atoms with Gasteiger partial charge in [0.15, 0.2) is 0 Å². The molecule has 12 heteroatoms. The largest absolute Gasteiger partial charge is 0.468 e. The molecule has 0 saturated heterocycles. The molecule has 2 heterocycles. The van der Waals surface area contributed by atoms with Gasteiger partial charge in [0, 0.05) is 13.1 Å². The minimum Gasteiger partial charge on any atom is -0.468 e. The zero-order chi connectivity index (χ0) is 20.7. The molecule has 28 heavy (non-hydrogen) atoms. The summed E-state index contributed by atoms with van der Waals surface area (Å²) < 4.78 is 15.2. The topological polar surface area (TPSA) is 132 Å². The van der Waals surface area contributed by atoms with Crippen LogP contribution in [0.3, 0.4) is 0 Å². The molecule has 0 saturated carbocycles. The Bertz CT molecular complexity index is 907. The fourth-order valence-corrected chi connectivity index (χ4v) is 2.24. The fraction of sp³-hybridized carbons (Fsp3) is 0.375. The number of rotatable bonds is 10. The second-order valence-corrected chi connectivity index (χ2v) is 5.38. The Balaban J connectivity index is 2.63. The Morgan fingerprint density at radius 1 is 1.04 bits per heavy atom. The van der Waals surface area contributed by atoms with Crippen molar-refractivity contribution in [1.82, 2.24) is 19.5 Å². The van der Waals surface area contributed by atoms with Gasteiger partial charge in [-0.15, -0.1) is 18.1 Å². The number of nitrogens with zero attached hydrogens (tertiary/aromatic N) is 6. The van der Waals surface area contributed by atoms with Crippen LogP contribution in [0.2, 0.25) is 0 Å². The molecule has 0 aliphatic carbocycles. The summed E-state index contributed by atoms with van der Waals surface area (Å²) >= 11 is 0. The van der Waals surface area contributed by atoms with E-state index >= 15 is 0 Å². The van der Waals surface area contributed by atoms with E-state index in [1.54, 1.807) is 17.1 Å². The Morgan fingerprint density at radius 2 is 1.61 bits per heavy atom. The van der Waals surface area contributed by atoms with Gasteiger partial charge in [-0.2, -0.15) is 9.97 Å². The second kappa shape index (κ2) is 9.30. The maximum absolute atomic E-state index is 11.8. The highest BCUT2D eigenvalue weighted by Gasteiger charge is 2.24. The molecule has 0 atom stereocenters. The first-order valence-corrected chi connectivity index (χ1v) is 8.06. The van der Waals surface area contributed by atoms with Gasteiger partial charge < -0.3 is 23.8 Å². The first kappa shape index (κ1) is 20.6. The normalized spacial score (nSPS) is 10.4. The summed E-state index contributed by atoms with van der Waals surface area (Å²) in [5.41, 5.74) is 0. The number of ether oxygens (including phenoxy) is 2. The van der Waals surface area contributed by atoms with Crippen LogP contribution in [0, 0.1) is 0 Å². The van der Waals surface area contributed by atoms with Crippen LogP contribution in [0.1, 0.15) is 0 Å². The summed E-state index contributed by atoms with van der Waals surface area (Å²) in [5, 5.41) is 0. The number of aromatic nitrogens is 4. The van der Waals surface area contributed by atoms with Crippen LogP contribution in [0.5, 0.6) is 0 Å². The van der Waals surface area contributed by atoms with Gasteiger partial charge in [0.25, 0.3) is 5.78 Å². The van der Waals surface area contributed by atoms with Crippen molar-refractivity contribution < 1.29 is 23.6 Å². The third kappa shape index (κ3) is 4.72. The minimum absolute atomic E-state index is 0.0523. The highest BCUT2D eigenvalue weighted by Crippen LogP contribution is 2.17. The molecule has 0 spiro atoms. The molecule has 2 rings (SSSR count). The van der Waals surface area contributed by atoms with Crippen LogP contribution in [-0.2, 0) is 19.1 Å². The summed E-state index contributed by atoms with van der Waals surface area (Å²) in [5.74, 6) is -2.18. The molecule has 12 nitrogen and oxygen atoms in total. The minimum atomic E-state index is -0.914. The van der Waals surface area contributed by atoms with Crippen molar-refractivity contribution in [2.24, 2.45) is 0 Å². The SMILES string of the molecule is C=CCN(CC=C)c1nc(N(CC(=O)OC)CC(=O)OC)n2oc(=O)nc2n1. The van der Waals surface area contributed by atoms with Crippen molar-refractivity contribution in [1.29, 1.82) is 0 Å². The van der Waals surface area contributed by atoms with Crippen molar-refractivity contribution in [3.05, 3.63) is 35.9 Å². The van der Waals surface area contributed by atoms with E-state index in [0.29, 0.717) is 13.1 Å². The van der Waals surface area contributed by atoms with Gasteiger partial charge in [-0.1, -0.05) is 16.7 Å². The zero-order valence-corrected chi connectivity index (χ0v) is 15.5. The molecule has 0 fully saturated rings. The predicted molar refractivity (Wildman–Crippen MR) is 98.2 cm³/mol. The maximum Gasteiger partial charge on any atom is 0.462 e. The number of anilines is 2. The molecule has 2 aromatic rings. The lowest BCUT2D eigenvalue weighted by Crippen LogP contribution is -2.38. The van der Waals surface area contributed by atoms with E-state index in [0.717, 1.165) is 4.57 Å². The first-order chi connectivity index (χ1) is 13.4. The second-order valence-electron chi connectivity index (χ2n) is 5.38. The van der Waals surface area contributed by atoms with Crippen molar-refractivity contribution in [3.8, 4) is 0 Å². The monoisotopic (exact) mass is 392 g/mol. The van der Waals surface area contributed by atoms with Gasteiger partial charge in [0.05, 0.1) is 14.2 Å². The summed E-state index contributed by atoms with van der Waals surface area (Å²) in [7, 11) is 2.40. The Kier molecular flexibility index (Phi) is 6.84. The highest BCUT2D eigenvalue weighted by atomic mass is 16.5. The van der Waals surface area contributed by atoms with Crippen LogP contribution in [0.4, 0.5) is 11.9 Å². The molecule has 0 bridgehead atoms. The molecule has 0 aliphatic heterocycles. The third-order valence-electron chi connectivity index (χ3n) is 3.48. The molecule has 150 valence electrons. The Morgan fingerprint density at radius 3 is 2.11 bits per heavy atom. The van der Waals surface area contributed by atoms with E-state index in [4.69, 9.17) is 4.52 Å². The van der Waals surface area contributed by atoms with Crippen molar-refractivity contribution >= 4 is 29.6 Å². The van der Waals surface area contributed by atoms with Crippen LogP contribution >= 0.6 is 0 Å². The molecular weight excluding hydrogens is 372 g/mol. The lowest BCUT2D eigenvalue weighted by molar-refractivity contribution is -0.140. The van der Waals surface area contributed by atoms with Gasteiger partial charge in [-0.25, -0.2) is 4.79 Å². The summed E-state index contributed by atoms with van der Waals surface area (Å²) in [4.78, 5) is 50.4. The fourth-order valence-electron chi connectivity index (χ4n) is 2.24. The standard InChI is InChI=1S/C16H20N6O6/c1-5-7-20(8-6-2)13-17-14-19-16(25)28-22(14)15(18-13)21(9-11(23)26-3)10-12(24)27-4/h5-6H,1-2,7-10H2,3-4H3. The molecule has 0 N–H and O–H groups in total. The van der Waals surface area contributed by atoms with Crippen molar-refractivity contribution in [2.45, 2.75) is 0 Å². The van der Waals surface area contributed by atoms with Gasteiger partial charge in [0.2, 0.25) is 11.9 Å². The van der Waals surface area contributed by atoms with Gasteiger partial charge in [0.1, 0.15) is 13.1 Å². The first-order valence-electron chi connectivity index (χ1n) is 8.06. The molecule has 2 aromatic heterocycles. The summed E-state index contributed by atoms with van der Waals surface area (Å²) in [6.07, 6.45) is 3.26. The predicted octanol–water partition coefficient (Wildman–Crippen LogP) is -0.592. The number of fused-ring (bicyclic) bond motifs is 1. The van der Waals surface area contributed by atoms with Crippen LogP contribution in [0.25, 0.3) is 5.78 Å². The Hall–Kier alpha value is -3.70. The molecular formula is C16H20N6O6. The zero-order valence-electron chi connectivity index (χ0n) is 15.5. The van der Waals surface area contributed by atoms with E-state index < -0.39 is 17.7 Å². The average molecular weight is 392 g/mol. The number of hydrogen-bond donors (Lipinski definition) is 0. The van der Waals surface area contributed by atoms with Gasteiger partial charge in [-0.3, -0.25) is 9.59 Å². The molecule has 0 aromatic carbocycles. The lowest BCUT2D eigenvalue weighted by Gasteiger charge is -2.24. The highest BCUT2D eigenvalue weighted by molar-refractivity contribution is 5.80. The van der Waals surface area contributed by atoms with E-state index in [1.165, 1.54) is 19.1 Å². The molecule has 0 radical (unpaired) electrons. The smallest absolute Gasteiger partial charge is 0.462 e. The number of carbonyl (C=O) groups excluding carboxylic acids is 2. The van der Waals surface area contributed by atoms with Crippen molar-refractivity contribution in [2.75, 3.05) is 50.2 Å². The number of esters is 2. The van der Waals surface area contributed by atoms with Gasteiger partial charge >= 0.3 is 17.7 Å². The van der Waals surface area contributed by atoms with E-state index in [9.17, 15) is 14.4 Å². The van der Waals surface area contributed by atoms with E-state index in [1.807, 2.05) is 0 Å². The third-order valence-corrected chi connectivity index (χ3v) is 3.48. The lowest BCUT2D eigenvalue weighted by atomic mass is 10.4. The Labute approximate surface area is 159 Å². The van der Waals surface area contributed by atoms with E-state index in [2.05, 4.69) is 37.6 Å². The van der Waals surface area contributed by atoms with Gasteiger partial charge in [-0.05, 0) is 0 Å². The summed E-state index contributed by atoms with van der Waals surface area (Å²) in [6.45, 7) is 7.39. The summed E-state index contributed by atoms with van der Waals surface area (Å²) in [6, 6.07) is 0. The number of carbonyl (C=O) groups is 2. The molecule has 0 unspecified atom stereocenters. The van der Waals surface area contributed by atoms with Crippen LogP contribution in [0.15, 0.2) is 34.6 Å². The van der Waals surface area contributed by atoms with E-state index in [-0.39, 0.29) is 30.8 Å². The quantitative estimate of drug-likeness (QED) is 0.379. The molecule has 0 amide bonds. The average Bonchev–Trinajstić information content (AvgIpc) is 3.06.